The van der Waals surface area contributed by atoms with E-state index in [0.29, 0.717) is 5.92 Å². The summed E-state index contributed by atoms with van der Waals surface area (Å²) < 4.78 is 6.59. The van der Waals surface area contributed by atoms with Gasteiger partial charge in [-0.15, -0.1) is 0 Å². The van der Waals surface area contributed by atoms with Crippen molar-refractivity contribution >= 4 is 23.0 Å². The number of benzene rings is 4. The Bertz CT molecular complexity index is 2490. The molecule has 11 rings (SSSR count). The molecule has 0 radical (unpaired) electrons. The minimum atomic E-state index is -0.423. The number of hydrogen-bond donors (Lipinski definition) is 1. The van der Waals surface area contributed by atoms with E-state index in [-0.39, 0.29) is 12.0 Å². The number of nitrogens with zero attached hydrogens (tertiary/aromatic N) is 3. The third kappa shape index (κ3) is 5.75. The van der Waals surface area contributed by atoms with E-state index >= 15 is 0 Å². The van der Waals surface area contributed by atoms with E-state index in [1.165, 1.54) is 69.6 Å². The molecule has 0 aromatic heterocycles. The van der Waals surface area contributed by atoms with Gasteiger partial charge in [0.1, 0.15) is 23.5 Å². The first kappa shape index (κ1) is 33.4. The summed E-state index contributed by atoms with van der Waals surface area (Å²) in [5, 5.41) is 3.73. The van der Waals surface area contributed by atoms with Gasteiger partial charge in [-0.25, -0.2) is 9.98 Å². The molecule has 0 bridgehead atoms. The number of anilines is 2. The lowest BCUT2D eigenvalue weighted by molar-refractivity contribution is 0.269. The standard InChI is InChI=1S/C51H46N4O/c1-4-15-33(16-5-1)36-21-14-22-37(31-36)38-27-28-43(41(32-38)51-53-49(34-17-6-2-7-18-34)52-50(54-51)35-19-8-3-9-20-35)55-42-25-12-10-23-39(42)47-44(55)29-30-46-48(47)40-24-11-13-26-45(40)56-46/h1,4-6,11,13-19,21-22,24-32,39-40,45,51H,2-3,7-10,12,20,23H2,(H,52,53,54). The molecular formula is C51H46N4O. The third-order valence-electron chi connectivity index (χ3n) is 12.6. The predicted octanol–water partition coefficient (Wildman–Crippen LogP) is 12.5. The average Bonchev–Trinajstić information content (AvgIpc) is 3.83. The van der Waals surface area contributed by atoms with Crippen molar-refractivity contribution in [2.45, 2.75) is 81.9 Å². The highest BCUT2D eigenvalue weighted by atomic mass is 16.5. The summed E-state index contributed by atoms with van der Waals surface area (Å²) in [6.07, 6.45) is 30.3. The van der Waals surface area contributed by atoms with Gasteiger partial charge in [-0.2, -0.15) is 0 Å². The average molecular weight is 731 g/mol. The molecule has 5 nitrogen and oxygen atoms in total. The van der Waals surface area contributed by atoms with Gasteiger partial charge in [0.2, 0.25) is 0 Å². The molecule has 0 saturated carbocycles. The van der Waals surface area contributed by atoms with Gasteiger partial charge in [-0.1, -0.05) is 103 Å². The van der Waals surface area contributed by atoms with Gasteiger partial charge in [-0.05, 0) is 128 Å². The summed E-state index contributed by atoms with van der Waals surface area (Å²) in [5.41, 5.74) is 15.0. The lowest BCUT2D eigenvalue weighted by atomic mass is 9.81. The number of allylic oxidation sites excluding steroid dienone is 7. The Morgan fingerprint density at radius 2 is 1.48 bits per heavy atom. The van der Waals surface area contributed by atoms with Crippen LogP contribution in [0.5, 0.6) is 5.75 Å². The topological polar surface area (TPSA) is 49.2 Å². The van der Waals surface area contributed by atoms with Crippen LogP contribution in [0.1, 0.15) is 92.5 Å². The highest BCUT2D eigenvalue weighted by Crippen LogP contribution is 2.59. The van der Waals surface area contributed by atoms with Crippen molar-refractivity contribution in [3.05, 3.63) is 173 Å². The summed E-state index contributed by atoms with van der Waals surface area (Å²) >= 11 is 0. The molecule has 4 atom stereocenters. The summed E-state index contributed by atoms with van der Waals surface area (Å²) in [7, 11) is 0. The Morgan fingerprint density at radius 1 is 0.661 bits per heavy atom. The Hall–Kier alpha value is -5.94. The normalized spacial score (nSPS) is 24.4. The van der Waals surface area contributed by atoms with Crippen LogP contribution in [0.15, 0.2) is 166 Å². The number of aliphatic imine (C=N–C) groups is 2. The molecule has 4 aromatic carbocycles. The summed E-state index contributed by atoms with van der Waals surface area (Å²) in [6, 6.07) is 31.2. The summed E-state index contributed by atoms with van der Waals surface area (Å²) in [4.78, 5) is 13.6. The van der Waals surface area contributed by atoms with Gasteiger partial charge >= 0.3 is 0 Å². The Balaban J connectivity index is 1.11. The van der Waals surface area contributed by atoms with Crippen LogP contribution in [0.25, 0.3) is 22.3 Å². The van der Waals surface area contributed by atoms with Crippen molar-refractivity contribution in [3.63, 3.8) is 0 Å². The quantitative estimate of drug-likeness (QED) is 0.215. The van der Waals surface area contributed by atoms with Crippen LogP contribution >= 0.6 is 0 Å². The van der Waals surface area contributed by atoms with Gasteiger partial charge in [-0.3, -0.25) is 0 Å². The van der Waals surface area contributed by atoms with E-state index < -0.39 is 6.17 Å². The molecule has 4 unspecified atom stereocenters. The lowest BCUT2D eigenvalue weighted by Crippen LogP contribution is -2.37. The maximum atomic E-state index is 6.59. The van der Waals surface area contributed by atoms with Crippen molar-refractivity contribution in [1.82, 2.24) is 5.32 Å². The van der Waals surface area contributed by atoms with E-state index in [2.05, 4.69) is 150 Å². The molecule has 5 heteroatoms. The van der Waals surface area contributed by atoms with Crippen LogP contribution < -0.4 is 15.0 Å². The van der Waals surface area contributed by atoms with E-state index in [0.717, 1.165) is 72.8 Å². The molecule has 3 heterocycles. The van der Waals surface area contributed by atoms with Crippen molar-refractivity contribution in [2.75, 3.05) is 4.90 Å². The molecule has 7 aliphatic rings. The second-order valence-electron chi connectivity index (χ2n) is 16.0. The molecular weight excluding hydrogens is 685 g/mol. The van der Waals surface area contributed by atoms with Crippen molar-refractivity contribution in [1.29, 1.82) is 0 Å². The largest absolute Gasteiger partial charge is 0.485 e. The maximum Gasteiger partial charge on any atom is 0.171 e. The zero-order chi connectivity index (χ0) is 37.0. The fourth-order valence-corrected chi connectivity index (χ4v) is 9.92. The van der Waals surface area contributed by atoms with Crippen LogP contribution in [0.3, 0.4) is 0 Å². The van der Waals surface area contributed by atoms with E-state index in [1.54, 1.807) is 0 Å². The van der Waals surface area contributed by atoms with Gasteiger partial charge < -0.3 is 15.0 Å². The van der Waals surface area contributed by atoms with Crippen molar-refractivity contribution in [3.8, 4) is 28.0 Å². The van der Waals surface area contributed by atoms with Crippen molar-refractivity contribution in [2.24, 2.45) is 9.98 Å². The highest BCUT2D eigenvalue weighted by molar-refractivity contribution is 6.16. The van der Waals surface area contributed by atoms with Crippen LogP contribution in [0.4, 0.5) is 11.4 Å². The first-order chi connectivity index (χ1) is 27.8. The molecule has 3 aliphatic heterocycles. The molecule has 0 spiro atoms. The fraction of sp³-hybridized carbons (Fsp3) is 0.255. The molecule has 56 heavy (non-hydrogen) atoms. The van der Waals surface area contributed by atoms with Crippen molar-refractivity contribution < 1.29 is 4.74 Å². The van der Waals surface area contributed by atoms with E-state index in [1.807, 2.05) is 0 Å². The van der Waals surface area contributed by atoms with E-state index in [9.17, 15) is 0 Å². The van der Waals surface area contributed by atoms with Gasteiger partial charge in [0, 0.05) is 34.2 Å². The fourth-order valence-electron chi connectivity index (χ4n) is 9.92. The molecule has 0 amide bonds. The van der Waals surface area contributed by atoms with Crippen LogP contribution in [0, 0.1) is 0 Å². The molecule has 4 aromatic rings. The molecule has 4 aliphatic carbocycles. The van der Waals surface area contributed by atoms with Crippen LogP contribution in [-0.4, -0.2) is 17.8 Å². The smallest absolute Gasteiger partial charge is 0.171 e. The van der Waals surface area contributed by atoms with Crippen LogP contribution in [0.2, 0.25) is 0 Å². The zero-order valence-corrected chi connectivity index (χ0v) is 31.7. The first-order valence-corrected chi connectivity index (χ1v) is 20.7. The van der Waals surface area contributed by atoms with Crippen LogP contribution in [-0.2, 0) is 0 Å². The lowest BCUT2D eigenvalue weighted by Gasteiger charge is -2.31. The molecule has 0 saturated heterocycles. The number of hydrogen-bond acceptors (Lipinski definition) is 5. The maximum absolute atomic E-state index is 6.59. The predicted molar refractivity (Wildman–Crippen MR) is 230 cm³/mol. The Kier molecular flexibility index (Phi) is 8.33. The second kappa shape index (κ2) is 14.0. The molecule has 1 N–H and O–H groups in total. The van der Waals surface area contributed by atoms with Gasteiger partial charge in [0.25, 0.3) is 0 Å². The number of ether oxygens (including phenoxy) is 1. The highest BCUT2D eigenvalue weighted by Gasteiger charge is 2.44. The monoisotopic (exact) mass is 730 g/mol. The Labute approximate surface area is 329 Å². The molecule has 276 valence electrons. The second-order valence-corrected chi connectivity index (χ2v) is 16.0. The zero-order valence-electron chi connectivity index (χ0n) is 31.7. The van der Waals surface area contributed by atoms with Gasteiger partial charge in [0.15, 0.2) is 6.17 Å². The Morgan fingerprint density at radius 3 is 2.36 bits per heavy atom. The SMILES string of the molecule is C1=CC2Oc3ccc4c(c3C2C=C1)C1CCCC=C1N4c1ccc(-c2cccc(-c3ccccc3)c2)cc1C1N=C(C2=CCCC=C2)NC(C2=CCCCC2)=N1. The summed E-state index contributed by atoms with van der Waals surface area (Å²) in [6.45, 7) is 0. The van der Waals surface area contributed by atoms with E-state index in [4.69, 9.17) is 14.7 Å². The summed E-state index contributed by atoms with van der Waals surface area (Å²) in [5.74, 6) is 3.47. The number of fused-ring (bicyclic) bond motifs is 7. The minimum absolute atomic E-state index is 0.0561. The minimum Gasteiger partial charge on any atom is -0.485 e. The first-order valence-electron chi connectivity index (χ1n) is 20.7. The third-order valence-corrected chi connectivity index (χ3v) is 12.6. The number of rotatable bonds is 6. The van der Waals surface area contributed by atoms with Gasteiger partial charge in [0.05, 0.1) is 11.4 Å². The number of amidine groups is 2. The number of nitrogens with one attached hydrogen (secondary N) is 1. The molecule has 0 fully saturated rings.